The van der Waals surface area contributed by atoms with Crippen LogP contribution in [0.15, 0.2) is 24.5 Å². The average Bonchev–Trinajstić information content (AvgIpc) is 3.31. The molecule has 2 amide bonds. The Morgan fingerprint density at radius 2 is 2.11 bits per heavy atom. The minimum Gasteiger partial charge on any atom is -0.334 e. The van der Waals surface area contributed by atoms with E-state index in [9.17, 15) is 4.79 Å². The molecule has 2 aliphatic rings. The molecule has 1 saturated heterocycles. The van der Waals surface area contributed by atoms with E-state index in [1.807, 2.05) is 17.0 Å². The topological polar surface area (TPSA) is 48.5 Å². The lowest BCUT2D eigenvalue weighted by atomic mass is 10.3. The zero-order chi connectivity index (χ0) is 13.1. The first-order valence-electron chi connectivity index (χ1n) is 6.98. The summed E-state index contributed by atoms with van der Waals surface area (Å²) in [5.74, 6) is 0. The average molecular weight is 260 g/mol. The quantitative estimate of drug-likeness (QED) is 0.884. The molecule has 0 spiro atoms. The second-order valence-corrected chi connectivity index (χ2v) is 5.27. The summed E-state index contributed by atoms with van der Waals surface area (Å²) in [6, 6.07) is 4.70. The number of piperazine rings is 1. The van der Waals surface area contributed by atoms with Crippen LogP contribution < -0.4 is 5.32 Å². The second kappa shape index (κ2) is 5.57. The zero-order valence-electron chi connectivity index (χ0n) is 11.1. The Balaban J connectivity index is 1.43. The number of urea groups is 1. The molecule has 2 fully saturated rings. The summed E-state index contributed by atoms with van der Waals surface area (Å²) in [4.78, 5) is 20.5. The predicted molar refractivity (Wildman–Crippen MR) is 72.6 cm³/mol. The highest BCUT2D eigenvalue weighted by Gasteiger charge is 2.32. The fourth-order valence-corrected chi connectivity index (χ4v) is 2.52. The second-order valence-electron chi connectivity index (χ2n) is 5.27. The lowest BCUT2D eigenvalue weighted by molar-refractivity contribution is 0.134. The van der Waals surface area contributed by atoms with E-state index in [1.165, 1.54) is 12.8 Å². The summed E-state index contributed by atoms with van der Waals surface area (Å²) in [5.41, 5.74) is 1.03. The van der Waals surface area contributed by atoms with Crippen molar-refractivity contribution in [1.29, 1.82) is 0 Å². The van der Waals surface area contributed by atoms with E-state index in [1.54, 1.807) is 12.4 Å². The predicted octanol–water partition coefficient (Wildman–Crippen LogP) is 1.07. The Morgan fingerprint density at radius 3 is 2.74 bits per heavy atom. The minimum absolute atomic E-state index is 0.0410. The van der Waals surface area contributed by atoms with Crippen LogP contribution in [0.1, 0.15) is 18.4 Å². The third-order valence-electron chi connectivity index (χ3n) is 3.83. The molecule has 5 nitrogen and oxygen atoms in total. The molecule has 102 valence electrons. The summed E-state index contributed by atoms with van der Waals surface area (Å²) in [6.07, 6.45) is 6.20. The summed E-state index contributed by atoms with van der Waals surface area (Å²) in [6.45, 7) is 4.27. The van der Waals surface area contributed by atoms with Gasteiger partial charge in [0.25, 0.3) is 0 Å². The monoisotopic (exact) mass is 260 g/mol. The van der Waals surface area contributed by atoms with Crippen molar-refractivity contribution in [3.63, 3.8) is 0 Å². The Morgan fingerprint density at radius 1 is 1.32 bits per heavy atom. The lowest BCUT2D eigenvalue weighted by Crippen LogP contribution is -2.52. The lowest BCUT2D eigenvalue weighted by Gasteiger charge is -2.34. The fraction of sp³-hybridized carbons (Fsp3) is 0.571. The Hall–Kier alpha value is -1.62. The molecule has 0 unspecified atom stereocenters. The number of nitrogens with zero attached hydrogens (tertiary/aromatic N) is 3. The molecule has 1 aliphatic carbocycles. The van der Waals surface area contributed by atoms with Crippen molar-refractivity contribution in [2.75, 3.05) is 26.2 Å². The fourth-order valence-electron chi connectivity index (χ4n) is 2.52. The van der Waals surface area contributed by atoms with Crippen LogP contribution in [0, 0.1) is 0 Å². The van der Waals surface area contributed by atoms with Gasteiger partial charge in [-0.05, 0) is 24.5 Å². The van der Waals surface area contributed by atoms with Gasteiger partial charge in [-0.1, -0.05) is 6.07 Å². The van der Waals surface area contributed by atoms with Gasteiger partial charge in [0.2, 0.25) is 0 Å². The number of pyridine rings is 1. The van der Waals surface area contributed by atoms with Crippen molar-refractivity contribution in [2.24, 2.45) is 0 Å². The number of rotatable bonds is 3. The number of carbonyl (C=O) groups is 1. The maximum Gasteiger partial charge on any atom is 0.317 e. The molecular weight excluding hydrogens is 240 g/mol. The van der Waals surface area contributed by atoms with Gasteiger partial charge in [0, 0.05) is 51.2 Å². The third-order valence-corrected chi connectivity index (χ3v) is 3.83. The molecule has 1 aromatic heterocycles. The van der Waals surface area contributed by atoms with Crippen LogP contribution in [0.2, 0.25) is 0 Å². The van der Waals surface area contributed by atoms with E-state index in [4.69, 9.17) is 0 Å². The highest BCUT2D eigenvalue weighted by Crippen LogP contribution is 2.27. The molecule has 1 aromatic rings. The van der Waals surface area contributed by atoms with E-state index < -0.39 is 0 Å². The zero-order valence-corrected chi connectivity index (χ0v) is 11.1. The van der Waals surface area contributed by atoms with E-state index in [-0.39, 0.29) is 6.03 Å². The molecule has 1 N–H and O–H groups in total. The van der Waals surface area contributed by atoms with Crippen molar-refractivity contribution in [3.05, 3.63) is 30.1 Å². The van der Waals surface area contributed by atoms with Crippen LogP contribution >= 0.6 is 0 Å². The van der Waals surface area contributed by atoms with E-state index in [0.29, 0.717) is 6.54 Å². The van der Waals surface area contributed by atoms with E-state index >= 15 is 0 Å². The summed E-state index contributed by atoms with van der Waals surface area (Å²) < 4.78 is 0. The minimum atomic E-state index is 0.0410. The van der Waals surface area contributed by atoms with Crippen molar-refractivity contribution in [1.82, 2.24) is 20.1 Å². The number of aromatic nitrogens is 1. The van der Waals surface area contributed by atoms with Gasteiger partial charge in [-0.15, -0.1) is 0 Å². The van der Waals surface area contributed by atoms with Gasteiger partial charge >= 0.3 is 6.03 Å². The number of hydrogen-bond donors (Lipinski definition) is 1. The van der Waals surface area contributed by atoms with Gasteiger partial charge in [0.15, 0.2) is 0 Å². The first-order chi connectivity index (χ1) is 9.33. The third kappa shape index (κ3) is 3.23. The normalized spacial score (nSPS) is 20.3. The maximum atomic E-state index is 12.0. The highest BCUT2D eigenvalue weighted by atomic mass is 16.2. The van der Waals surface area contributed by atoms with Gasteiger partial charge in [-0.2, -0.15) is 0 Å². The van der Waals surface area contributed by atoms with Crippen molar-refractivity contribution < 1.29 is 4.79 Å². The van der Waals surface area contributed by atoms with Gasteiger partial charge in [-0.3, -0.25) is 9.88 Å². The molecule has 0 radical (unpaired) electrons. The molecule has 0 atom stereocenters. The summed E-state index contributed by atoms with van der Waals surface area (Å²) in [7, 11) is 0. The first kappa shape index (κ1) is 12.4. The van der Waals surface area contributed by atoms with Crippen molar-refractivity contribution in [3.8, 4) is 0 Å². The molecule has 3 rings (SSSR count). The molecule has 0 bridgehead atoms. The van der Waals surface area contributed by atoms with Gasteiger partial charge in [-0.25, -0.2) is 4.79 Å². The maximum absolute atomic E-state index is 12.0. The highest BCUT2D eigenvalue weighted by molar-refractivity contribution is 5.74. The Bertz CT molecular complexity index is 424. The van der Waals surface area contributed by atoms with Crippen LogP contribution in [0.25, 0.3) is 0 Å². The summed E-state index contributed by atoms with van der Waals surface area (Å²) >= 11 is 0. The molecule has 1 aliphatic heterocycles. The molecule has 1 saturated carbocycles. The molecule has 2 heterocycles. The van der Waals surface area contributed by atoms with E-state index in [0.717, 1.165) is 37.8 Å². The Labute approximate surface area is 113 Å². The van der Waals surface area contributed by atoms with Crippen LogP contribution in [-0.4, -0.2) is 53.0 Å². The molecule has 0 aromatic carbocycles. The van der Waals surface area contributed by atoms with Crippen LogP contribution in [0.5, 0.6) is 0 Å². The van der Waals surface area contributed by atoms with Gasteiger partial charge in [0.05, 0.1) is 0 Å². The van der Waals surface area contributed by atoms with Crippen molar-refractivity contribution in [2.45, 2.75) is 25.4 Å². The number of hydrogen-bond acceptors (Lipinski definition) is 3. The number of nitrogens with one attached hydrogen (secondary N) is 1. The summed E-state index contributed by atoms with van der Waals surface area (Å²) in [5, 5.41) is 2.96. The standard InChI is InChI=1S/C14H20N4O/c19-14(16-11-12-2-1-5-15-10-12)18-8-6-17(7-9-18)13-3-4-13/h1-2,5,10,13H,3-4,6-9,11H2,(H,16,19). The van der Waals surface area contributed by atoms with Gasteiger partial charge < -0.3 is 10.2 Å². The van der Waals surface area contributed by atoms with Crippen molar-refractivity contribution >= 4 is 6.03 Å². The molecule has 5 heteroatoms. The molecular formula is C14H20N4O. The Kier molecular flexibility index (Phi) is 3.64. The number of amides is 2. The smallest absolute Gasteiger partial charge is 0.317 e. The van der Waals surface area contributed by atoms with Crippen LogP contribution in [0.3, 0.4) is 0 Å². The largest absolute Gasteiger partial charge is 0.334 e. The first-order valence-corrected chi connectivity index (χ1v) is 6.98. The van der Waals surface area contributed by atoms with Crippen LogP contribution in [-0.2, 0) is 6.54 Å². The van der Waals surface area contributed by atoms with E-state index in [2.05, 4.69) is 15.2 Å². The number of carbonyl (C=O) groups excluding carboxylic acids is 1. The van der Waals surface area contributed by atoms with Gasteiger partial charge in [0.1, 0.15) is 0 Å². The van der Waals surface area contributed by atoms with Crippen LogP contribution in [0.4, 0.5) is 4.79 Å². The molecule has 19 heavy (non-hydrogen) atoms. The SMILES string of the molecule is O=C(NCc1cccnc1)N1CCN(C2CC2)CC1.